The highest BCUT2D eigenvalue weighted by Crippen LogP contribution is 2.35. The second-order valence-corrected chi connectivity index (χ2v) is 9.05. The summed E-state index contributed by atoms with van der Waals surface area (Å²) in [7, 11) is -4.02. The van der Waals surface area contributed by atoms with Gasteiger partial charge in [0.1, 0.15) is 11.6 Å². The number of hydrazine groups is 1. The fourth-order valence-electron chi connectivity index (χ4n) is 3.33. The van der Waals surface area contributed by atoms with Gasteiger partial charge in [0.15, 0.2) is 0 Å². The number of hydrogen-bond acceptors (Lipinski definition) is 5. The maximum absolute atomic E-state index is 14.2. The van der Waals surface area contributed by atoms with Gasteiger partial charge >= 0.3 is 0 Å². The van der Waals surface area contributed by atoms with Gasteiger partial charge in [-0.1, -0.05) is 29.3 Å². The number of rotatable bonds is 5. The van der Waals surface area contributed by atoms with E-state index in [-0.39, 0.29) is 35.5 Å². The molecular formula is C19H20ClFN2O4S. The van der Waals surface area contributed by atoms with Gasteiger partial charge in [0.2, 0.25) is 0 Å². The van der Waals surface area contributed by atoms with Crippen molar-refractivity contribution in [2.24, 2.45) is 0 Å². The standard InChI is InChI=1S/C19H20ClFN2O4S/c1-12-2-5-17(6-3-12)28(26,27)22-23(25)15-8-13(9-16(24)11-15)18-10-14(20)4-7-19(18)21/h2-7,10,13,15,22,25H,8-9,11H2,1H3. The van der Waals surface area contributed by atoms with E-state index in [9.17, 15) is 22.8 Å². The quantitative estimate of drug-likeness (QED) is 0.713. The maximum Gasteiger partial charge on any atom is 0.255 e. The average molecular weight is 427 g/mol. The molecule has 0 bridgehead atoms. The summed E-state index contributed by atoms with van der Waals surface area (Å²) in [6.45, 7) is 1.82. The van der Waals surface area contributed by atoms with Crippen molar-refractivity contribution in [2.75, 3.05) is 0 Å². The Morgan fingerprint density at radius 1 is 1.18 bits per heavy atom. The van der Waals surface area contributed by atoms with Gasteiger partial charge in [-0.15, -0.1) is 10.0 Å². The van der Waals surface area contributed by atoms with Crippen molar-refractivity contribution < 1.29 is 22.8 Å². The summed E-state index contributed by atoms with van der Waals surface area (Å²) < 4.78 is 39.1. The van der Waals surface area contributed by atoms with Crippen molar-refractivity contribution in [2.45, 2.75) is 43.0 Å². The zero-order valence-corrected chi connectivity index (χ0v) is 16.7. The van der Waals surface area contributed by atoms with Crippen molar-refractivity contribution in [3.63, 3.8) is 0 Å². The summed E-state index contributed by atoms with van der Waals surface area (Å²) in [5.74, 6) is -1.20. The molecule has 1 fully saturated rings. The first-order valence-corrected chi connectivity index (χ1v) is 10.6. The summed E-state index contributed by atoms with van der Waals surface area (Å²) in [6, 6.07) is 9.37. The zero-order valence-electron chi connectivity index (χ0n) is 15.1. The summed E-state index contributed by atoms with van der Waals surface area (Å²) in [6.07, 6.45) is 0.244. The largest absolute Gasteiger partial charge is 0.300 e. The number of nitrogens with one attached hydrogen (secondary N) is 1. The molecule has 2 aromatic rings. The predicted molar refractivity (Wildman–Crippen MR) is 102 cm³/mol. The van der Waals surface area contributed by atoms with Gasteiger partial charge in [-0.3, -0.25) is 10.0 Å². The first-order chi connectivity index (χ1) is 13.2. The lowest BCUT2D eigenvalue weighted by Gasteiger charge is -2.33. The van der Waals surface area contributed by atoms with Gasteiger partial charge < -0.3 is 0 Å². The number of hydrogen-bond donors (Lipinski definition) is 2. The highest BCUT2D eigenvalue weighted by Gasteiger charge is 2.34. The summed E-state index contributed by atoms with van der Waals surface area (Å²) >= 11 is 5.93. The van der Waals surface area contributed by atoms with Crippen LogP contribution in [0.2, 0.25) is 5.02 Å². The lowest BCUT2D eigenvalue weighted by molar-refractivity contribution is -0.162. The lowest BCUT2D eigenvalue weighted by Crippen LogP contribution is -2.49. The summed E-state index contributed by atoms with van der Waals surface area (Å²) in [5.41, 5.74) is 1.17. The van der Waals surface area contributed by atoms with E-state index >= 15 is 0 Å². The molecule has 150 valence electrons. The van der Waals surface area contributed by atoms with Crippen molar-refractivity contribution >= 4 is 27.4 Å². The molecule has 2 atom stereocenters. The number of aryl methyl sites for hydroxylation is 1. The van der Waals surface area contributed by atoms with Gasteiger partial charge in [-0.25, -0.2) is 12.8 Å². The predicted octanol–water partition coefficient (Wildman–Crippen LogP) is 3.58. The monoisotopic (exact) mass is 426 g/mol. The van der Waals surface area contributed by atoms with Crippen LogP contribution in [-0.2, 0) is 14.8 Å². The Morgan fingerprint density at radius 3 is 2.54 bits per heavy atom. The Balaban J connectivity index is 1.77. The van der Waals surface area contributed by atoms with E-state index in [1.54, 1.807) is 12.1 Å². The minimum atomic E-state index is -4.02. The van der Waals surface area contributed by atoms with Crippen LogP contribution in [0.15, 0.2) is 47.4 Å². The minimum Gasteiger partial charge on any atom is -0.300 e. The van der Waals surface area contributed by atoms with Crippen molar-refractivity contribution in [1.29, 1.82) is 0 Å². The van der Waals surface area contributed by atoms with Gasteiger partial charge in [0.05, 0.1) is 10.9 Å². The Hall–Kier alpha value is -1.84. The van der Waals surface area contributed by atoms with E-state index in [0.29, 0.717) is 10.2 Å². The SMILES string of the molecule is Cc1ccc(S(=O)(=O)NN(O)C2CC(=O)CC(c3cc(Cl)ccc3F)C2)cc1. The highest BCUT2D eigenvalue weighted by atomic mass is 35.5. The van der Waals surface area contributed by atoms with Crippen LogP contribution in [0.3, 0.4) is 0 Å². The molecule has 2 N–H and O–H groups in total. The molecule has 1 saturated carbocycles. The third-order valence-electron chi connectivity index (χ3n) is 4.78. The molecule has 3 rings (SSSR count). The lowest BCUT2D eigenvalue weighted by atomic mass is 9.80. The van der Waals surface area contributed by atoms with Crippen LogP contribution in [0.4, 0.5) is 4.39 Å². The molecular weight excluding hydrogens is 407 g/mol. The first kappa shape index (κ1) is 20.9. The van der Waals surface area contributed by atoms with Crippen molar-refractivity contribution in [3.8, 4) is 0 Å². The summed E-state index contributed by atoms with van der Waals surface area (Å²) in [5, 5.41) is 11.1. The number of sulfonamides is 1. The van der Waals surface area contributed by atoms with Crippen LogP contribution in [-0.4, -0.2) is 30.6 Å². The van der Waals surface area contributed by atoms with E-state index in [4.69, 9.17) is 11.6 Å². The Labute approximate surface area is 167 Å². The molecule has 6 nitrogen and oxygen atoms in total. The van der Waals surface area contributed by atoms with Crippen LogP contribution in [0.1, 0.15) is 36.3 Å². The Bertz CT molecular complexity index is 982. The normalized spacial score (nSPS) is 20.5. The molecule has 2 unspecified atom stereocenters. The molecule has 0 radical (unpaired) electrons. The van der Waals surface area contributed by atoms with Gasteiger partial charge in [0.25, 0.3) is 10.0 Å². The van der Waals surface area contributed by atoms with Gasteiger partial charge in [0, 0.05) is 17.9 Å². The molecule has 0 saturated heterocycles. The van der Waals surface area contributed by atoms with E-state index in [2.05, 4.69) is 4.83 Å². The van der Waals surface area contributed by atoms with Crippen molar-refractivity contribution in [3.05, 3.63) is 64.4 Å². The molecule has 9 heteroatoms. The third kappa shape index (κ3) is 4.76. The van der Waals surface area contributed by atoms with E-state index in [1.807, 2.05) is 6.92 Å². The van der Waals surface area contributed by atoms with Crippen LogP contribution in [0, 0.1) is 12.7 Å². The molecule has 28 heavy (non-hydrogen) atoms. The second kappa shape index (κ2) is 8.26. The number of benzene rings is 2. The van der Waals surface area contributed by atoms with Crippen LogP contribution in [0.5, 0.6) is 0 Å². The molecule has 2 aromatic carbocycles. The molecule has 0 aliphatic heterocycles. The topological polar surface area (TPSA) is 86.7 Å². The molecule has 0 amide bonds. The van der Waals surface area contributed by atoms with Crippen LogP contribution < -0.4 is 4.83 Å². The fraction of sp³-hybridized carbons (Fsp3) is 0.316. The molecule has 0 heterocycles. The Kier molecular flexibility index (Phi) is 6.16. The van der Waals surface area contributed by atoms with E-state index in [0.717, 1.165) is 5.56 Å². The number of halogens is 2. The molecule has 0 spiro atoms. The summed E-state index contributed by atoms with van der Waals surface area (Å²) in [4.78, 5) is 14.2. The van der Waals surface area contributed by atoms with Crippen LogP contribution in [0.25, 0.3) is 0 Å². The van der Waals surface area contributed by atoms with E-state index in [1.165, 1.54) is 30.3 Å². The number of ketones is 1. The van der Waals surface area contributed by atoms with Crippen LogP contribution >= 0.6 is 11.6 Å². The minimum absolute atomic E-state index is 0.0169. The zero-order chi connectivity index (χ0) is 20.5. The Morgan fingerprint density at radius 2 is 1.86 bits per heavy atom. The van der Waals surface area contributed by atoms with Crippen molar-refractivity contribution in [1.82, 2.24) is 10.0 Å². The average Bonchev–Trinajstić information content (AvgIpc) is 2.63. The number of nitrogens with zero attached hydrogens (tertiary/aromatic N) is 1. The van der Waals surface area contributed by atoms with E-state index < -0.39 is 27.8 Å². The van der Waals surface area contributed by atoms with Gasteiger partial charge in [-0.2, -0.15) is 0 Å². The smallest absolute Gasteiger partial charge is 0.255 e. The molecule has 1 aliphatic carbocycles. The second-order valence-electron chi connectivity index (χ2n) is 6.95. The highest BCUT2D eigenvalue weighted by molar-refractivity contribution is 7.89. The molecule has 1 aliphatic rings. The third-order valence-corrected chi connectivity index (χ3v) is 6.34. The number of carbonyl (C=O) groups excluding carboxylic acids is 1. The number of Topliss-reactive ketones (excluding diaryl/α,β-unsaturated/α-hetero) is 1. The fourth-order valence-corrected chi connectivity index (χ4v) is 4.51. The molecule has 0 aromatic heterocycles. The van der Waals surface area contributed by atoms with Gasteiger partial charge in [-0.05, 0) is 55.2 Å². The maximum atomic E-state index is 14.2. The number of hydroxylamine groups is 1. The number of carbonyl (C=O) groups is 1. The first-order valence-electron chi connectivity index (χ1n) is 8.69.